The fourth-order valence-electron chi connectivity index (χ4n) is 1.73. The number of carbonyl (C=O) groups is 1. The predicted molar refractivity (Wildman–Crippen MR) is 84.5 cm³/mol. The Bertz CT molecular complexity index is 662. The second-order valence-electron chi connectivity index (χ2n) is 4.82. The fourth-order valence-corrected chi connectivity index (χ4v) is 2.81. The van der Waals surface area contributed by atoms with E-state index in [9.17, 15) is 23.3 Å². The van der Waals surface area contributed by atoms with Gasteiger partial charge in [0.2, 0.25) is 15.9 Å². The van der Waals surface area contributed by atoms with E-state index in [4.69, 9.17) is 0 Å². The van der Waals surface area contributed by atoms with Crippen LogP contribution in [0.4, 0.5) is 5.69 Å². The van der Waals surface area contributed by atoms with E-state index in [-0.39, 0.29) is 29.5 Å². The molecule has 9 nitrogen and oxygen atoms in total. The number of nitro benzene ring substituents is 1. The third-order valence-corrected chi connectivity index (χ3v) is 4.55. The molecule has 0 unspecified atom stereocenters. The van der Waals surface area contributed by atoms with Crippen LogP contribution in [0.15, 0.2) is 29.2 Å². The Hall–Kier alpha value is -2.04. The number of likely N-dealkylation sites (N-methyl/N-ethyl adjacent to an activating group) is 2. The molecule has 0 aliphatic carbocycles. The highest BCUT2D eigenvalue weighted by molar-refractivity contribution is 7.89. The molecule has 0 aromatic heterocycles. The molecule has 1 aromatic rings. The summed E-state index contributed by atoms with van der Waals surface area (Å²) in [5.41, 5.74) is -0.309. The van der Waals surface area contributed by atoms with Crippen molar-refractivity contribution in [3.05, 3.63) is 34.4 Å². The van der Waals surface area contributed by atoms with Gasteiger partial charge in [0.05, 0.1) is 9.82 Å². The van der Waals surface area contributed by atoms with Crippen molar-refractivity contribution >= 4 is 21.6 Å². The minimum Gasteiger partial charge on any atom is -0.344 e. The van der Waals surface area contributed by atoms with Crippen molar-refractivity contribution in [2.45, 2.75) is 11.3 Å². The first-order chi connectivity index (χ1) is 10.8. The molecule has 2 N–H and O–H groups in total. The van der Waals surface area contributed by atoms with Crippen molar-refractivity contribution in [1.29, 1.82) is 0 Å². The summed E-state index contributed by atoms with van der Waals surface area (Å²) in [5, 5.41) is 13.6. The van der Waals surface area contributed by atoms with Crippen LogP contribution in [0.3, 0.4) is 0 Å². The van der Waals surface area contributed by atoms with E-state index in [1.54, 1.807) is 14.1 Å². The van der Waals surface area contributed by atoms with Crippen LogP contribution < -0.4 is 10.0 Å². The SMILES string of the molecule is CNCCN(C)C(=O)CCNS(=O)(=O)c1cccc([N+](=O)[O-])c1. The van der Waals surface area contributed by atoms with Crippen LogP contribution in [0.5, 0.6) is 0 Å². The summed E-state index contributed by atoms with van der Waals surface area (Å²) in [7, 11) is -0.489. The van der Waals surface area contributed by atoms with Crippen LogP contribution in [0.25, 0.3) is 0 Å². The number of hydrogen-bond donors (Lipinski definition) is 2. The first kappa shape index (κ1) is 19.0. The van der Waals surface area contributed by atoms with Crippen LogP contribution in [0.2, 0.25) is 0 Å². The zero-order chi connectivity index (χ0) is 17.5. The van der Waals surface area contributed by atoms with Gasteiger partial charge in [0.15, 0.2) is 0 Å². The molecule has 128 valence electrons. The number of nitrogens with one attached hydrogen (secondary N) is 2. The second kappa shape index (κ2) is 8.56. The number of nitrogens with zero attached hydrogens (tertiary/aromatic N) is 2. The van der Waals surface area contributed by atoms with E-state index in [0.717, 1.165) is 6.07 Å². The smallest absolute Gasteiger partial charge is 0.270 e. The molecule has 0 saturated carbocycles. The molecular weight excluding hydrogens is 324 g/mol. The molecule has 0 aliphatic rings. The lowest BCUT2D eigenvalue weighted by molar-refractivity contribution is -0.385. The molecule has 10 heteroatoms. The Morgan fingerprint density at radius 1 is 1.35 bits per heavy atom. The molecule has 1 aromatic carbocycles. The van der Waals surface area contributed by atoms with Gasteiger partial charge in [-0.2, -0.15) is 0 Å². The third-order valence-electron chi connectivity index (χ3n) is 3.09. The van der Waals surface area contributed by atoms with Gasteiger partial charge in [0.1, 0.15) is 0 Å². The van der Waals surface area contributed by atoms with E-state index >= 15 is 0 Å². The van der Waals surface area contributed by atoms with Gasteiger partial charge in [-0.1, -0.05) is 6.07 Å². The molecule has 0 atom stereocenters. The van der Waals surface area contributed by atoms with Crippen LogP contribution in [-0.2, 0) is 14.8 Å². The highest BCUT2D eigenvalue weighted by Crippen LogP contribution is 2.16. The van der Waals surface area contributed by atoms with Gasteiger partial charge in [-0.25, -0.2) is 13.1 Å². The summed E-state index contributed by atoms with van der Waals surface area (Å²) in [5.74, 6) is -0.193. The number of hydrogen-bond acceptors (Lipinski definition) is 6. The molecule has 0 fully saturated rings. The van der Waals surface area contributed by atoms with Crippen molar-refractivity contribution < 1.29 is 18.1 Å². The number of non-ortho nitro benzene ring substituents is 1. The fraction of sp³-hybridized carbons (Fsp3) is 0.462. The topological polar surface area (TPSA) is 122 Å². The molecule has 1 amide bonds. The normalized spacial score (nSPS) is 11.2. The van der Waals surface area contributed by atoms with Crippen molar-refractivity contribution in [3.8, 4) is 0 Å². The lowest BCUT2D eigenvalue weighted by atomic mass is 10.3. The molecular formula is C13H20N4O5S. The zero-order valence-electron chi connectivity index (χ0n) is 13.0. The Morgan fingerprint density at radius 2 is 2.04 bits per heavy atom. The van der Waals surface area contributed by atoms with Crippen molar-refractivity contribution in [3.63, 3.8) is 0 Å². The number of rotatable bonds is 9. The van der Waals surface area contributed by atoms with Gasteiger partial charge in [0.25, 0.3) is 5.69 Å². The van der Waals surface area contributed by atoms with E-state index in [1.165, 1.54) is 23.1 Å². The largest absolute Gasteiger partial charge is 0.344 e. The molecule has 1 rings (SSSR count). The number of amides is 1. The first-order valence-corrected chi connectivity index (χ1v) is 8.39. The van der Waals surface area contributed by atoms with Gasteiger partial charge >= 0.3 is 0 Å². The Morgan fingerprint density at radius 3 is 2.65 bits per heavy atom. The Labute approximate surface area is 134 Å². The van der Waals surface area contributed by atoms with Crippen LogP contribution in [0, 0.1) is 10.1 Å². The number of carbonyl (C=O) groups excluding carboxylic acids is 1. The van der Waals surface area contributed by atoms with Crippen molar-refractivity contribution in [2.24, 2.45) is 0 Å². The standard InChI is InChI=1S/C13H20N4O5S/c1-14-8-9-16(2)13(18)6-7-15-23(21,22)12-5-3-4-11(10-12)17(19)20/h3-5,10,14-15H,6-9H2,1-2H3. The molecule has 0 saturated heterocycles. The summed E-state index contributed by atoms with van der Waals surface area (Å²) < 4.78 is 26.4. The molecule has 0 heterocycles. The summed E-state index contributed by atoms with van der Waals surface area (Å²) >= 11 is 0. The maximum Gasteiger partial charge on any atom is 0.270 e. The van der Waals surface area contributed by atoms with Crippen LogP contribution in [0.1, 0.15) is 6.42 Å². The van der Waals surface area contributed by atoms with Crippen LogP contribution in [-0.4, -0.2) is 57.9 Å². The quantitative estimate of drug-likeness (QED) is 0.478. The first-order valence-electron chi connectivity index (χ1n) is 6.90. The van der Waals surface area contributed by atoms with Gasteiger partial charge in [-0.3, -0.25) is 14.9 Å². The number of sulfonamides is 1. The lowest BCUT2D eigenvalue weighted by Gasteiger charge is -2.16. The highest BCUT2D eigenvalue weighted by Gasteiger charge is 2.18. The molecule has 0 radical (unpaired) electrons. The maximum absolute atomic E-state index is 12.1. The summed E-state index contributed by atoms with van der Waals surface area (Å²) in [6, 6.07) is 4.74. The monoisotopic (exact) mass is 344 g/mol. The minimum atomic E-state index is -3.89. The molecule has 0 aliphatic heterocycles. The Balaban J connectivity index is 2.61. The minimum absolute atomic E-state index is 0.00830. The summed E-state index contributed by atoms with van der Waals surface area (Å²) in [6.07, 6.45) is 0.00830. The Kier molecular flexibility index (Phi) is 7.07. The lowest BCUT2D eigenvalue weighted by Crippen LogP contribution is -2.35. The maximum atomic E-state index is 12.1. The highest BCUT2D eigenvalue weighted by atomic mass is 32.2. The van der Waals surface area contributed by atoms with Crippen molar-refractivity contribution in [1.82, 2.24) is 14.9 Å². The van der Waals surface area contributed by atoms with E-state index in [0.29, 0.717) is 13.1 Å². The van der Waals surface area contributed by atoms with E-state index in [1.807, 2.05) is 0 Å². The number of nitro groups is 1. The summed E-state index contributed by atoms with van der Waals surface area (Å²) in [6.45, 7) is 1.09. The molecule has 0 spiro atoms. The van der Waals surface area contributed by atoms with Gasteiger partial charge < -0.3 is 10.2 Å². The number of benzene rings is 1. The predicted octanol–water partition coefficient (Wildman–Crippen LogP) is -0.0590. The van der Waals surface area contributed by atoms with Gasteiger partial charge in [-0.15, -0.1) is 0 Å². The molecule has 23 heavy (non-hydrogen) atoms. The third kappa shape index (κ3) is 5.93. The second-order valence-corrected chi connectivity index (χ2v) is 6.59. The van der Waals surface area contributed by atoms with Crippen LogP contribution >= 0.6 is 0 Å². The summed E-state index contributed by atoms with van der Waals surface area (Å²) in [4.78, 5) is 23.1. The average molecular weight is 344 g/mol. The average Bonchev–Trinajstić information content (AvgIpc) is 2.52. The van der Waals surface area contributed by atoms with E-state index < -0.39 is 14.9 Å². The van der Waals surface area contributed by atoms with Gasteiger partial charge in [0, 0.05) is 45.2 Å². The van der Waals surface area contributed by atoms with Crippen molar-refractivity contribution in [2.75, 3.05) is 33.7 Å². The zero-order valence-corrected chi connectivity index (χ0v) is 13.8. The molecule has 0 bridgehead atoms. The van der Waals surface area contributed by atoms with Gasteiger partial charge in [-0.05, 0) is 13.1 Å². The van der Waals surface area contributed by atoms with E-state index in [2.05, 4.69) is 10.0 Å².